The largest absolute Gasteiger partial charge is 0.386 e. The number of likely N-dealkylation sites (N-methyl/N-ethyl adjacent to an activating group) is 1. The molecule has 3 atom stereocenters. The van der Waals surface area contributed by atoms with Gasteiger partial charge in [0.05, 0.1) is 12.1 Å². The maximum absolute atomic E-state index is 13.2. The summed E-state index contributed by atoms with van der Waals surface area (Å²) in [5.41, 5.74) is 3.58. The van der Waals surface area contributed by atoms with Crippen molar-refractivity contribution in [2.45, 2.75) is 24.5 Å². The molecule has 4 rings (SSSR count). The van der Waals surface area contributed by atoms with Crippen LogP contribution in [0.1, 0.15) is 29.6 Å². The van der Waals surface area contributed by atoms with E-state index in [0.717, 1.165) is 22.3 Å². The maximum Gasteiger partial charge on any atom is 0.223 e. The van der Waals surface area contributed by atoms with E-state index in [4.69, 9.17) is 0 Å². The van der Waals surface area contributed by atoms with Crippen molar-refractivity contribution in [1.82, 2.24) is 4.90 Å². The molecule has 4 heteroatoms. The van der Waals surface area contributed by atoms with Gasteiger partial charge in [-0.15, -0.1) is 0 Å². The Kier molecular flexibility index (Phi) is 4.97. The van der Waals surface area contributed by atoms with Gasteiger partial charge in [-0.3, -0.25) is 4.79 Å². The lowest BCUT2D eigenvalue weighted by molar-refractivity contribution is -0.128. The highest BCUT2D eigenvalue weighted by molar-refractivity contribution is 5.80. The van der Waals surface area contributed by atoms with Crippen molar-refractivity contribution >= 4 is 5.91 Å². The standard InChI is InChI=1S/C24H22FNO2/c1-26-22(27)15-21(17-6-3-2-4-7-17)23(26)24(28)19-9-5-8-18(14-19)16-10-12-20(25)13-11-16/h2-14,21,23-24,28H,15H2,1H3/t21-,23-,24+/m1/s1. The molecule has 3 aromatic rings. The summed E-state index contributed by atoms with van der Waals surface area (Å²) in [6.07, 6.45) is -0.429. The smallest absolute Gasteiger partial charge is 0.223 e. The van der Waals surface area contributed by atoms with Gasteiger partial charge in [0, 0.05) is 19.4 Å². The van der Waals surface area contributed by atoms with Gasteiger partial charge in [0.2, 0.25) is 5.91 Å². The second kappa shape index (κ2) is 7.56. The second-order valence-corrected chi connectivity index (χ2v) is 7.29. The number of benzene rings is 3. The molecule has 142 valence electrons. The fourth-order valence-electron chi connectivity index (χ4n) is 4.08. The molecule has 0 bridgehead atoms. The molecule has 1 amide bonds. The van der Waals surface area contributed by atoms with E-state index in [1.54, 1.807) is 24.1 Å². The van der Waals surface area contributed by atoms with E-state index in [-0.39, 0.29) is 23.7 Å². The fraction of sp³-hybridized carbons (Fsp3) is 0.208. The van der Waals surface area contributed by atoms with Gasteiger partial charge in [0.25, 0.3) is 0 Å². The van der Waals surface area contributed by atoms with Gasteiger partial charge < -0.3 is 10.0 Å². The molecule has 0 unspecified atom stereocenters. The maximum atomic E-state index is 13.2. The molecular formula is C24H22FNO2. The van der Waals surface area contributed by atoms with Crippen molar-refractivity contribution in [2.75, 3.05) is 7.05 Å². The summed E-state index contributed by atoms with van der Waals surface area (Å²) in [6, 6.07) is 23.4. The lowest BCUT2D eigenvalue weighted by Crippen LogP contribution is -2.36. The van der Waals surface area contributed by atoms with Crippen molar-refractivity contribution in [2.24, 2.45) is 0 Å². The van der Waals surface area contributed by atoms with Crippen LogP contribution < -0.4 is 0 Å². The number of aliphatic hydroxyl groups is 1. The van der Waals surface area contributed by atoms with Gasteiger partial charge in [-0.2, -0.15) is 0 Å². The Morgan fingerprint density at radius 2 is 1.68 bits per heavy atom. The highest BCUT2D eigenvalue weighted by Crippen LogP contribution is 2.40. The number of likely N-dealkylation sites (tertiary alicyclic amines) is 1. The molecule has 1 N–H and O–H groups in total. The van der Waals surface area contributed by atoms with Crippen LogP contribution in [0.2, 0.25) is 0 Å². The monoisotopic (exact) mass is 375 g/mol. The van der Waals surface area contributed by atoms with Crippen molar-refractivity contribution in [3.63, 3.8) is 0 Å². The van der Waals surface area contributed by atoms with E-state index in [2.05, 4.69) is 0 Å². The Balaban J connectivity index is 1.67. The van der Waals surface area contributed by atoms with Gasteiger partial charge >= 0.3 is 0 Å². The molecule has 0 saturated carbocycles. The molecule has 3 aromatic carbocycles. The minimum Gasteiger partial charge on any atom is -0.386 e. The van der Waals surface area contributed by atoms with E-state index < -0.39 is 6.10 Å². The van der Waals surface area contributed by atoms with Crippen LogP contribution in [0.4, 0.5) is 4.39 Å². The van der Waals surface area contributed by atoms with Crippen LogP contribution in [0.5, 0.6) is 0 Å². The van der Waals surface area contributed by atoms with Crippen LogP contribution in [-0.4, -0.2) is 29.0 Å². The number of hydrogen-bond donors (Lipinski definition) is 1. The Hall–Kier alpha value is -2.98. The third-order valence-electron chi connectivity index (χ3n) is 5.60. The fourth-order valence-corrected chi connectivity index (χ4v) is 4.08. The molecule has 0 aliphatic carbocycles. The van der Waals surface area contributed by atoms with Crippen LogP contribution in [0, 0.1) is 5.82 Å². The quantitative estimate of drug-likeness (QED) is 0.727. The van der Waals surface area contributed by atoms with Crippen LogP contribution in [0.3, 0.4) is 0 Å². The molecule has 0 aromatic heterocycles. The topological polar surface area (TPSA) is 40.5 Å². The predicted octanol–water partition coefficient (Wildman–Crippen LogP) is 4.54. The zero-order valence-electron chi connectivity index (χ0n) is 15.6. The van der Waals surface area contributed by atoms with E-state index in [9.17, 15) is 14.3 Å². The van der Waals surface area contributed by atoms with Crippen molar-refractivity contribution in [3.05, 3.63) is 95.8 Å². The molecule has 1 aliphatic heterocycles. The summed E-state index contributed by atoms with van der Waals surface area (Å²) in [6.45, 7) is 0. The zero-order valence-corrected chi connectivity index (χ0v) is 15.6. The normalized spacial score (nSPS) is 20.4. The lowest BCUT2D eigenvalue weighted by Gasteiger charge is -2.30. The molecule has 1 fully saturated rings. The number of nitrogens with zero attached hydrogens (tertiary/aromatic N) is 1. The minimum atomic E-state index is -0.818. The number of carbonyl (C=O) groups excluding carboxylic acids is 1. The summed E-state index contributed by atoms with van der Waals surface area (Å²) in [5, 5.41) is 11.2. The molecule has 1 saturated heterocycles. The van der Waals surface area contributed by atoms with Crippen molar-refractivity contribution in [1.29, 1.82) is 0 Å². The summed E-state index contributed by atoms with van der Waals surface area (Å²) in [5.74, 6) is -0.312. The predicted molar refractivity (Wildman–Crippen MR) is 107 cm³/mol. The molecule has 0 radical (unpaired) electrons. The number of aliphatic hydroxyl groups excluding tert-OH is 1. The van der Waals surface area contributed by atoms with Crippen LogP contribution >= 0.6 is 0 Å². The molecule has 3 nitrogen and oxygen atoms in total. The average Bonchev–Trinajstić information content (AvgIpc) is 3.03. The zero-order chi connectivity index (χ0) is 19.7. The van der Waals surface area contributed by atoms with Crippen molar-refractivity contribution in [3.8, 4) is 11.1 Å². The van der Waals surface area contributed by atoms with Gasteiger partial charge in [0.15, 0.2) is 0 Å². The molecule has 1 heterocycles. The van der Waals surface area contributed by atoms with Crippen LogP contribution in [0.25, 0.3) is 11.1 Å². The first-order valence-corrected chi connectivity index (χ1v) is 9.39. The summed E-state index contributed by atoms with van der Waals surface area (Å²) in [4.78, 5) is 14.1. The highest BCUT2D eigenvalue weighted by atomic mass is 19.1. The molecule has 0 spiro atoms. The lowest BCUT2D eigenvalue weighted by atomic mass is 9.86. The first-order chi connectivity index (χ1) is 13.5. The van der Waals surface area contributed by atoms with Crippen molar-refractivity contribution < 1.29 is 14.3 Å². The van der Waals surface area contributed by atoms with Gasteiger partial charge in [0.1, 0.15) is 5.82 Å². The Bertz CT molecular complexity index is 971. The Labute approximate surface area is 164 Å². The van der Waals surface area contributed by atoms with Crippen LogP contribution in [-0.2, 0) is 4.79 Å². The van der Waals surface area contributed by atoms with Gasteiger partial charge in [-0.05, 0) is 40.5 Å². The van der Waals surface area contributed by atoms with E-state index in [1.165, 1.54) is 12.1 Å². The summed E-state index contributed by atoms with van der Waals surface area (Å²) >= 11 is 0. The summed E-state index contributed by atoms with van der Waals surface area (Å²) in [7, 11) is 1.75. The number of amides is 1. The molecular weight excluding hydrogens is 353 g/mol. The molecule has 1 aliphatic rings. The minimum absolute atomic E-state index is 0.0348. The van der Waals surface area contributed by atoms with E-state index >= 15 is 0 Å². The number of hydrogen-bond acceptors (Lipinski definition) is 2. The third kappa shape index (κ3) is 3.43. The first kappa shape index (κ1) is 18.4. The van der Waals surface area contributed by atoms with E-state index in [0.29, 0.717) is 6.42 Å². The first-order valence-electron chi connectivity index (χ1n) is 9.39. The third-order valence-corrected chi connectivity index (χ3v) is 5.60. The summed E-state index contributed by atoms with van der Waals surface area (Å²) < 4.78 is 13.2. The van der Waals surface area contributed by atoms with E-state index in [1.807, 2.05) is 54.6 Å². The number of carbonyl (C=O) groups is 1. The number of rotatable bonds is 4. The SMILES string of the molecule is CN1C(=O)C[C@H](c2ccccc2)[C@@H]1[C@@H](O)c1cccc(-c2ccc(F)cc2)c1. The Morgan fingerprint density at radius 3 is 2.39 bits per heavy atom. The van der Waals surface area contributed by atoms with Gasteiger partial charge in [-0.25, -0.2) is 4.39 Å². The van der Waals surface area contributed by atoms with Crippen LogP contribution in [0.15, 0.2) is 78.9 Å². The highest BCUT2D eigenvalue weighted by Gasteiger charge is 2.42. The average molecular weight is 375 g/mol. The second-order valence-electron chi connectivity index (χ2n) is 7.29. The van der Waals surface area contributed by atoms with Gasteiger partial charge in [-0.1, -0.05) is 60.7 Å². The number of halogens is 1. The molecule has 28 heavy (non-hydrogen) atoms. The Morgan fingerprint density at radius 1 is 0.964 bits per heavy atom.